The molecule has 0 fully saturated rings. The van der Waals surface area contributed by atoms with Gasteiger partial charge in [-0.2, -0.15) is 5.10 Å². The third-order valence-corrected chi connectivity index (χ3v) is 4.98. The van der Waals surface area contributed by atoms with Crippen LogP contribution in [0.3, 0.4) is 0 Å². The summed E-state index contributed by atoms with van der Waals surface area (Å²) in [6, 6.07) is 9.29. The van der Waals surface area contributed by atoms with E-state index in [1.54, 1.807) is 34.5 Å². The minimum Gasteiger partial charge on any atom is -0.355 e. The molecule has 0 saturated heterocycles. The molecule has 0 aliphatic heterocycles. The second kappa shape index (κ2) is 6.14. The van der Waals surface area contributed by atoms with E-state index in [1.165, 1.54) is 0 Å². The summed E-state index contributed by atoms with van der Waals surface area (Å²) in [6.45, 7) is 1.90. The summed E-state index contributed by atoms with van der Waals surface area (Å²) in [4.78, 5) is 17.0. The Morgan fingerprint density at radius 1 is 1.36 bits per heavy atom. The highest BCUT2D eigenvalue weighted by Crippen LogP contribution is 2.26. The van der Waals surface area contributed by atoms with E-state index in [0.29, 0.717) is 5.76 Å². The average molecular weight is 353 g/mol. The van der Waals surface area contributed by atoms with E-state index in [9.17, 15) is 4.79 Å². The zero-order valence-corrected chi connectivity index (χ0v) is 14.4. The van der Waals surface area contributed by atoms with Gasteiger partial charge >= 0.3 is 0 Å². The van der Waals surface area contributed by atoms with Crippen LogP contribution in [-0.4, -0.2) is 25.8 Å². The lowest BCUT2D eigenvalue weighted by molar-refractivity contribution is 0.0931. The van der Waals surface area contributed by atoms with Crippen molar-refractivity contribution in [1.29, 1.82) is 0 Å². The first-order valence-electron chi connectivity index (χ1n) is 7.72. The van der Waals surface area contributed by atoms with Crippen molar-refractivity contribution in [1.82, 2.24) is 25.2 Å². The van der Waals surface area contributed by atoms with Gasteiger partial charge in [-0.15, -0.1) is 11.3 Å². The highest BCUT2D eigenvalue weighted by Gasteiger charge is 2.19. The third-order valence-electron chi connectivity index (χ3n) is 3.76. The normalized spacial score (nSPS) is 12.4. The van der Waals surface area contributed by atoms with E-state index < -0.39 is 0 Å². The molecular formula is C17H15N5O2S. The molecule has 25 heavy (non-hydrogen) atoms. The number of aromatic nitrogens is 4. The molecular weight excluding hydrogens is 338 g/mol. The number of nitrogens with zero attached hydrogens (tertiary/aromatic N) is 4. The Morgan fingerprint density at radius 2 is 2.20 bits per heavy atom. The van der Waals surface area contributed by atoms with E-state index in [4.69, 9.17) is 4.52 Å². The van der Waals surface area contributed by atoms with Crippen LogP contribution in [0.4, 0.5) is 0 Å². The van der Waals surface area contributed by atoms with Crippen LogP contribution in [0.25, 0.3) is 21.5 Å². The lowest BCUT2D eigenvalue weighted by Gasteiger charge is -2.09. The predicted molar refractivity (Wildman–Crippen MR) is 94.2 cm³/mol. The van der Waals surface area contributed by atoms with Crippen molar-refractivity contribution in [2.24, 2.45) is 7.05 Å². The number of carbonyl (C=O) groups excluding carboxylic acids is 1. The molecule has 0 spiro atoms. The van der Waals surface area contributed by atoms with Gasteiger partial charge < -0.3 is 9.84 Å². The quantitative estimate of drug-likeness (QED) is 0.609. The number of fused-ring (bicyclic) bond motifs is 1. The maximum Gasteiger partial charge on any atom is 0.274 e. The highest BCUT2D eigenvalue weighted by atomic mass is 32.1. The Balaban J connectivity index is 1.50. The first kappa shape index (κ1) is 15.5. The van der Waals surface area contributed by atoms with Crippen molar-refractivity contribution >= 4 is 27.5 Å². The van der Waals surface area contributed by atoms with Crippen LogP contribution in [0.5, 0.6) is 0 Å². The molecule has 4 rings (SSSR count). The van der Waals surface area contributed by atoms with Gasteiger partial charge in [0.15, 0.2) is 11.5 Å². The fraction of sp³-hybridized carbons (Fsp3) is 0.176. The lowest BCUT2D eigenvalue weighted by Crippen LogP contribution is -2.26. The van der Waals surface area contributed by atoms with Crippen molar-refractivity contribution in [3.8, 4) is 11.3 Å². The van der Waals surface area contributed by atoms with Gasteiger partial charge in [-0.1, -0.05) is 17.3 Å². The Hall–Kier alpha value is -3.00. The average Bonchev–Trinajstić information content (AvgIpc) is 3.33. The number of hydrogen-bond acceptors (Lipinski definition) is 6. The van der Waals surface area contributed by atoms with Crippen molar-refractivity contribution < 1.29 is 9.32 Å². The third kappa shape index (κ3) is 3.03. The number of para-hydroxylation sites is 1. The van der Waals surface area contributed by atoms with Crippen LogP contribution in [0.1, 0.15) is 28.5 Å². The standard InChI is InChI=1S/C17H15N5O2S/c1-10(17-20-12-5-3-4-6-15(12)25-17)19-16(23)13-7-14(24-21-13)11-8-18-22(2)9-11/h3-10H,1-2H3,(H,19,23)/t10-/m1/s1. The highest BCUT2D eigenvalue weighted by molar-refractivity contribution is 7.18. The van der Waals surface area contributed by atoms with Crippen LogP contribution in [0.15, 0.2) is 47.2 Å². The first-order chi connectivity index (χ1) is 12.1. The summed E-state index contributed by atoms with van der Waals surface area (Å²) in [6.07, 6.45) is 3.46. The van der Waals surface area contributed by atoms with Gasteiger partial charge in [0.05, 0.1) is 28.0 Å². The van der Waals surface area contributed by atoms with E-state index in [0.717, 1.165) is 20.8 Å². The van der Waals surface area contributed by atoms with Crippen LogP contribution in [0.2, 0.25) is 0 Å². The Bertz CT molecular complexity index is 1020. The molecule has 0 saturated carbocycles. The Morgan fingerprint density at radius 3 is 2.96 bits per heavy atom. The van der Waals surface area contributed by atoms with E-state index >= 15 is 0 Å². The van der Waals surface area contributed by atoms with Crippen molar-refractivity contribution in [2.45, 2.75) is 13.0 Å². The molecule has 4 aromatic rings. The molecule has 1 amide bonds. The Kier molecular flexibility index (Phi) is 3.81. The van der Waals surface area contributed by atoms with E-state index in [2.05, 4.69) is 20.6 Å². The smallest absolute Gasteiger partial charge is 0.274 e. The summed E-state index contributed by atoms with van der Waals surface area (Å²) in [7, 11) is 1.81. The number of aryl methyl sites for hydroxylation is 1. The number of nitrogens with one attached hydrogen (secondary N) is 1. The molecule has 1 atom stereocenters. The second-order valence-corrected chi connectivity index (χ2v) is 6.76. The van der Waals surface area contributed by atoms with Crippen LogP contribution in [0, 0.1) is 0 Å². The minimum atomic E-state index is -0.300. The van der Waals surface area contributed by atoms with Gasteiger partial charge in [0.2, 0.25) is 0 Å². The number of amides is 1. The molecule has 1 N–H and O–H groups in total. The summed E-state index contributed by atoms with van der Waals surface area (Å²) < 4.78 is 8.00. The zero-order chi connectivity index (χ0) is 17.4. The van der Waals surface area contributed by atoms with Crippen LogP contribution >= 0.6 is 11.3 Å². The molecule has 0 aliphatic carbocycles. The van der Waals surface area contributed by atoms with Crippen LogP contribution in [-0.2, 0) is 7.05 Å². The molecule has 3 aromatic heterocycles. The molecule has 0 bridgehead atoms. The maximum atomic E-state index is 12.4. The Labute approximate surface area is 147 Å². The largest absolute Gasteiger partial charge is 0.355 e. The molecule has 0 unspecified atom stereocenters. The van der Waals surface area contributed by atoms with E-state index in [1.807, 2.05) is 38.2 Å². The van der Waals surface area contributed by atoms with Crippen molar-refractivity contribution in [3.63, 3.8) is 0 Å². The number of carbonyl (C=O) groups is 1. The van der Waals surface area contributed by atoms with Gasteiger partial charge in [0.1, 0.15) is 5.01 Å². The number of rotatable bonds is 4. The molecule has 8 heteroatoms. The molecule has 0 aliphatic rings. The SMILES string of the molecule is C[C@@H](NC(=O)c1cc(-c2cnn(C)c2)on1)c1nc2ccccc2s1. The van der Waals surface area contributed by atoms with Gasteiger partial charge in [-0.25, -0.2) is 4.98 Å². The van der Waals surface area contributed by atoms with E-state index in [-0.39, 0.29) is 17.6 Å². The number of hydrogen-bond donors (Lipinski definition) is 1. The van der Waals surface area contributed by atoms with Gasteiger partial charge in [-0.3, -0.25) is 9.48 Å². The monoisotopic (exact) mass is 353 g/mol. The van der Waals surface area contributed by atoms with Gasteiger partial charge in [-0.05, 0) is 19.1 Å². The fourth-order valence-electron chi connectivity index (χ4n) is 2.47. The molecule has 0 radical (unpaired) electrons. The predicted octanol–water partition coefficient (Wildman–Crippen LogP) is 3.18. The summed E-state index contributed by atoms with van der Waals surface area (Å²) >= 11 is 1.57. The summed E-state index contributed by atoms with van der Waals surface area (Å²) in [5, 5.41) is 11.7. The summed E-state index contributed by atoms with van der Waals surface area (Å²) in [5.74, 6) is 0.205. The number of benzene rings is 1. The first-order valence-corrected chi connectivity index (χ1v) is 8.54. The molecule has 1 aromatic carbocycles. The van der Waals surface area contributed by atoms with Gasteiger partial charge in [0, 0.05) is 19.3 Å². The number of thiazole rings is 1. The van der Waals surface area contributed by atoms with Crippen molar-refractivity contribution in [3.05, 3.63) is 53.4 Å². The minimum absolute atomic E-state index is 0.219. The fourth-order valence-corrected chi connectivity index (χ4v) is 3.44. The maximum absolute atomic E-state index is 12.4. The molecule has 7 nitrogen and oxygen atoms in total. The second-order valence-electron chi connectivity index (χ2n) is 5.69. The van der Waals surface area contributed by atoms with Crippen molar-refractivity contribution in [2.75, 3.05) is 0 Å². The van der Waals surface area contributed by atoms with Crippen LogP contribution < -0.4 is 5.32 Å². The summed E-state index contributed by atoms with van der Waals surface area (Å²) in [5.41, 5.74) is 1.93. The molecule has 3 heterocycles. The zero-order valence-electron chi connectivity index (χ0n) is 13.6. The molecule has 126 valence electrons. The topological polar surface area (TPSA) is 85.8 Å². The van der Waals surface area contributed by atoms with Gasteiger partial charge in [0.25, 0.3) is 5.91 Å². The lowest BCUT2D eigenvalue weighted by atomic mass is 10.2.